The van der Waals surface area contributed by atoms with Crippen molar-refractivity contribution in [2.24, 2.45) is 0 Å². The van der Waals surface area contributed by atoms with Crippen LogP contribution in [0.4, 0.5) is 0 Å². The first-order chi connectivity index (χ1) is 10.3. The molecule has 21 heavy (non-hydrogen) atoms. The highest BCUT2D eigenvalue weighted by molar-refractivity contribution is 5.75. The van der Waals surface area contributed by atoms with Gasteiger partial charge in [0.05, 0.1) is 6.10 Å². The van der Waals surface area contributed by atoms with Crippen molar-refractivity contribution in [1.29, 1.82) is 0 Å². The van der Waals surface area contributed by atoms with E-state index in [-0.39, 0.29) is 12.0 Å². The quantitative estimate of drug-likeness (QED) is 0.505. The molecule has 3 nitrogen and oxygen atoms in total. The van der Waals surface area contributed by atoms with Gasteiger partial charge in [-0.25, -0.2) is 0 Å². The second kappa shape index (κ2) is 13.1. The third kappa shape index (κ3) is 10.8. The first-order valence-corrected chi connectivity index (χ1v) is 9.21. The molecule has 1 atom stereocenters. The van der Waals surface area contributed by atoms with Crippen molar-refractivity contribution >= 4 is 5.91 Å². The topological polar surface area (TPSA) is 38.3 Å². The largest absolute Gasteiger partial charge is 0.376 e. The summed E-state index contributed by atoms with van der Waals surface area (Å²) >= 11 is 0. The van der Waals surface area contributed by atoms with E-state index in [1.54, 1.807) is 0 Å². The van der Waals surface area contributed by atoms with Gasteiger partial charge in [0.15, 0.2) is 0 Å². The molecule has 124 valence electrons. The number of hydrogen-bond acceptors (Lipinski definition) is 2. The lowest BCUT2D eigenvalue weighted by molar-refractivity contribution is -0.121. The molecule has 0 bridgehead atoms. The zero-order valence-corrected chi connectivity index (χ0v) is 14.0. The van der Waals surface area contributed by atoms with Gasteiger partial charge in [-0.1, -0.05) is 64.7 Å². The summed E-state index contributed by atoms with van der Waals surface area (Å²) < 4.78 is 5.49. The molecule has 1 heterocycles. The molecule has 0 spiro atoms. The van der Waals surface area contributed by atoms with Crippen LogP contribution in [0, 0.1) is 0 Å². The summed E-state index contributed by atoms with van der Waals surface area (Å²) in [6, 6.07) is 0. The van der Waals surface area contributed by atoms with Crippen LogP contribution in [0.3, 0.4) is 0 Å². The van der Waals surface area contributed by atoms with Crippen LogP contribution in [-0.4, -0.2) is 25.2 Å². The number of nitrogens with one attached hydrogen (secondary N) is 1. The fourth-order valence-corrected chi connectivity index (χ4v) is 2.89. The summed E-state index contributed by atoms with van der Waals surface area (Å²) in [5.74, 6) is 0.199. The first-order valence-electron chi connectivity index (χ1n) is 9.21. The van der Waals surface area contributed by atoms with E-state index in [0.29, 0.717) is 13.0 Å². The molecule has 1 unspecified atom stereocenters. The second-order valence-corrected chi connectivity index (χ2v) is 6.37. The maximum atomic E-state index is 11.7. The van der Waals surface area contributed by atoms with Crippen molar-refractivity contribution < 1.29 is 9.53 Å². The summed E-state index contributed by atoms with van der Waals surface area (Å²) in [7, 11) is 0. The number of carbonyl (C=O) groups is 1. The summed E-state index contributed by atoms with van der Waals surface area (Å²) in [5.41, 5.74) is 0. The molecule has 1 saturated heterocycles. The van der Waals surface area contributed by atoms with E-state index >= 15 is 0 Å². The molecule has 0 saturated carbocycles. The van der Waals surface area contributed by atoms with E-state index in [1.165, 1.54) is 57.8 Å². The lowest BCUT2D eigenvalue weighted by atomic mass is 10.1. The van der Waals surface area contributed by atoms with Crippen LogP contribution in [0.5, 0.6) is 0 Å². The smallest absolute Gasteiger partial charge is 0.220 e. The minimum atomic E-state index is 0.199. The van der Waals surface area contributed by atoms with Gasteiger partial charge in [0.2, 0.25) is 5.91 Å². The summed E-state index contributed by atoms with van der Waals surface area (Å²) in [6.07, 6.45) is 16.3. The normalized spacial score (nSPS) is 18.0. The van der Waals surface area contributed by atoms with E-state index in [0.717, 1.165) is 25.9 Å². The van der Waals surface area contributed by atoms with E-state index in [9.17, 15) is 4.79 Å². The molecule has 1 rings (SSSR count). The Morgan fingerprint density at radius 2 is 1.62 bits per heavy atom. The average molecular weight is 297 g/mol. The standard InChI is InChI=1S/C18H35NO2/c1-2-3-4-5-6-7-8-9-10-11-14-18(20)19-16-17-13-12-15-21-17/h17H,2-16H2,1H3,(H,19,20). The van der Waals surface area contributed by atoms with Crippen LogP contribution in [0.1, 0.15) is 90.4 Å². The van der Waals surface area contributed by atoms with Crippen molar-refractivity contribution in [3.05, 3.63) is 0 Å². The van der Waals surface area contributed by atoms with Crippen molar-refractivity contribution in [2.45, 2.75) is 96.5 Å². The number of rotatable bonds is 13. The molecule has 0 aliphatic carbocycles. The maximum absolute atomic E-state index is 11.7. The second-order valence-electron chi connectivity index (χ2n) is 6.37. The molecule has 0 radical (unpaired) electrons. The maximum Gasteiger partial charge on any atom is 0.220 e. The summed E-state index contributed by atoms with van der Waals surface area (Å²) in [4.78, 5) is 11.7. The molecule has 0 aromatic carbocycles. The Morgan fingerprint density at radius 3 is 2.19 bits per heavy atom. The van der Waals surface area contributed by atoms with Crippen LogP contribution in [0.25, 0.3) is 0 Å². The average Bonchev–Trinajstić information content (AvgIpc) is 3.00. The predicted octanol–water partition coefficient (Wildman–Crippen LogP) is 4.59. The van der Waals surface area contributed by atoms with Gasteiger partial charge < -0.3 is 10.1 Å². The van der Waals surface area contributed by atoms with E-state index in [4.69, 9.17) is 4.74 Å². The lowest BCUT2D eigenvalue weighted by Crippen LogP contribution is -2.31. The number of ether oxygens (including phenoxy) is 1. The molecular formula is C18H35NO2. The lowest BCUT2D eigenvalue weighted by Gasteiger charge is -2.10. The Balaban J connectivity index is 1.77. The van der Waals surface area contributed by atoms with Crippen molar-refractivity contribution in [2.75, 3.05) is 13.2 Å². The Hall–Kier alpha value is -0.570. The van der Waals surface area contributed by atoms with Crippen molar-refractivity contribution in [3.8, 4) is 0 Å². The highest BCUT2D eigenvalue weighted by Crippen LogP contribution is 2.12. The van der Waals surface area contributed by atoms with Gasteiger partial charge in [0, 0.05) is 19.6 Å². The van der Waals surface area contributed by atoms with Crippen LogP contribution >= 0.6 is 0 Å². The van der Waals surface area contributed by atoms with Gasteiger partial charge in [0.1, 0.15) is 0 Å². The van der Waals surface area contributed by atoms with Gasteiger partial charge in [-0.3, -0.25) is 4.79 Å². The Labute approximate surface area is 131 Å². The zero-order valence-electron chi connectivity index (χ0n) is 14.0. The van der Waals surface area contributed by atoms with Crippen molar-refractivity contribution in [1.82, 2.24) is 5.32 Å². The van der Waals surface area contributed by atoms with E-state index in [1.807, 2.05) is 0 Å². The van der Waals surface area contributed by atoms with Crippen LogP contribution in [0.2, 0.25) is 0 Å². The molecule has 1 amide bonds. The fraction of sp³-hybridized carbons (Fsp3) is 0.944. The number of carbonyl (C=O) groups excluding carboxylic acids is 1. The van der Waals surface area contributed by atoms with Gasteiger partial charge in [-0.15, -0.1) is 0 Å². The van der Waals surface area contributed by atoms with Gasteiger partial charge in [-0.2, -0.15) is 0 Å². The Bertz CT molecular complexity index is 250. The summed E-state index contributed by atoms with van der Waals surface area (Å²) in [6.45, 7) is 3.83. The SMILES string of the molecule is CCCCCCCCCCCCC(=O)NCC1CCCO1. The van der Waals surface area contributed by atoms with E-state index in [2.05, 4.69) is 12.2 Å². The highest BCUT2D eigenvalue weighted by Gasteiger charge is 2.15. The molecule has 3 heteroatoms. The molecule has 0 aromatic heterocycles. The molecule has 1 aliphatic heterocycles. The minimum Gasteiger partial charge on any atom is -0.376 e. The van der Waals surface area contributed by atoms with Crippen LogP contribution < -0.4 is 5.32 Å². The van der Waals surface area contributed by atoms with Gasteiger partial charge >= 0.3 is 0 Å². The third-order valence-corrected chi connectivity index (χ3v) is 4.31. The van der Waals surface area contributed by atoms with Gasteiger partial charge in [0.25, 0.3) is 0 Å². The first kappa shape index (κ1) is 18.5. The minimum absolute atomic E-state index is 0.199. The molecule has 1 aliphatic rings. The number of unbranched alkanes of at least 4 members (excludes halogenated alkanes) is 9. The highest BCUT2D eigenvalue weighted by atomic mass is 16.5. The third-order valence-electron chi connectivity index (χ3n) is 4.31. The molecule has 1 fully saturated rings. The Kier molecular flexibility index (Phi) is 11.5. The Morgan fingerprint density at radius 1 is 1.00 bits per heavy atom. The fourth-order valence-electron chi connectivity index (χ4n) is 2.89. The summed E-state index contributed by atoms with van der Waals surface area (Å²) in [5, 5.41) is 2.99. The molecule has 0 aromatic rings. The van der Waals surface area contributed by atoms with Crippen molar-refractivity contribution in [3.63, 3.8) is 0 Å². The number of amides is 1. The van der Waals surface area contributed by atoms with Gasteiger partial charge in [-0.05, 0) is 19.3 Å². The molecular weight excluding hydrogens is 262 g/mol. The zero-order chi connectivity index (χ0) is 15.2. The van der Waals surface area contributed by atoms with Crippen LogP contribution in [0.15, 0.2) is 0 Å². The predicted molar refractivity (Wildman–Crippen MR) is 88.4 cm³/mol. The monoisotopic (exact) mass is 297 g/mol. The van der Waals surface area contributed by atoms with Crippen LogP contribution in [-0.2, 0) is 9.53 Å². The van der Waals surface area contributed by atoms with E-state index < -0.39 is 0 Å². The number of hydrogen-bond donors (Lipinski definition) is 1. The molecule has 1 N–H and O–H groups in total.